The van der Waals surface area contributed by atoms with E-state index in [1.165, 1.54) is 0 Å². The summed E-state index contributed by atoms with van der Waals surface area (Å²) in [5, 5.41) is 2.27. The van der Waals surface area contributed by atoms with E-state index in [2.05, 4.69) is 134 Å². The zero-order chi connectivity index (χ0) is 40.5. The normalized spacial score (nSPS) is 17.9. The van der Waals surface area contributed by atoms with Crippen LogP contribution < -0.4 is 10.9 Å². The second-order valence-corrected chi connectivity index (χ2v) is 17.4. The summed E-state index contributed by atoms with van der Waals surface area (Å²) in [5.41, 5.74) is 7.05. The number of benzene rings is 6. The van der Waals surface area contributed by atoms with Crippen molar-refractivity contribution in [1.29, 1.82) is 0 Å². The number of fused-ring (bicyclic) bond motifs is 1. The summed E-state index contributed by atoms with van der Waals surface area (Å²) in [4.78, 5) is 14.7. The Balaban J connectivity index is 1.11. The number of hydrogen-bond donors (Lipinski definition) is 0. The minimum atomic E-state index is -0.549. The zero-order valence-corrected chi connectivity index (χ0v) is 34.4. The summed E-state index contributed by atoms with van der Waals surface area (Å²) in [5.74, 6) is 1.90. The molecule has 6 aromatic carbocycles. The van der Waals surface area contributed by atoms with Crippen LogP contribution in [0.25, 0.3) is 67.2 Å². The van der Waals surface area contributed by atoms with Gasteiger partial charge in [-0.05, 0) is 99.3 Å². The van der Waals surface area contributed by atoms with Gasteiger partial charge in [0.15, 0.2) is 17.5 Å². The smallest absolute Gasteiger partial charge is 0.399 e. The molecule has 2 fully saturated rings. The molecule has 1 aromatic heterocycles. The highest BCUT2D eigenvalue weighted by Crippen LogP contribution is 2.40. The van der Waals surface area contributed by atoms with Crippen molar-refractivity contribution >= 4 is 35.9 Å². The lowest BCUT2D eigenvalue weighted by Gasteiger charge is -2.32. The highest BCUT2D eigenvalue weighted by molar-refractivity contribution is 6.66. The summed E-state index contributed by atoms with van der Waals surface area (Å²) in [7, 11) is -1.10. The lowest BCUT2D eigenvalue weighted by molar-refractivity contribution is 0.00578. The molecule has 288 valence electrons. The third-order valence-corrected chi connectivity index (χ3v) is 12.4. The van der Waals surface area contributed by atoms with Crippen molar-refractivity contribution in [2.45, 2.75) is 77.8 Å². The fourth-order valence-electron chi connectivity index (χ4n) is 7.60. The van der Waals surface area contributed by atoms with E-state index in [4.69, 9.17) is 33.6 Å². The van der Waals surface area contributed by atoms with E-state index in [9.17, 15) is 0 Å². The first-order valence-electron chi connectivity index (χ1n) is 20.0. The molecule has 0 N–H and O–H groups in total. The first kappa shape index (κ1) is 38.1. The Kier molecular flexibility index (Phi) is 9.29. The molecular formula is C49H47B2N3O4. The largest absolute Gasteiger partial charge is 0.494 e. The maximum absolute atomic E-state index is 6.59. The fourth-order valence-corrected chi connectivity index (χ4v) is 7.60. The molecule has 0 aliphatic carbocycles. The molecule has 0 amide bonds. The average Bonchev–Trinajstić information content (AvgIpc) is 3.60. The van der Waals surface area contributed by atoms with Gasteiger partial charge < -0.3 is 18.6 Å². The Morgan fingerprint density at radius 2 is 0.672 bits per heavy atom. The van der Waals surface area contributed by atoms with Crippen LogP contribution in [0.4, 0.5) is 0 Å². The Bertz CT molecular complexity index is 2500. The first-order valence-corrected chi connectivity index (χ1v) is 20.0. The molecule has 0 unspecified atom stereocenters. The topological polar surface area (TPSA) is 75.6 Å². The van der Waals surface area contributed by atoms with Gasteiger partial charge in [0.1, 0.15) is 0 Å². The molecule has 7 aromatic rings. The van der Waals surface area contributed by atoms with Gasteiger partial charge in [-0.3, -0.25) is 0 Å². The van der Waals surface area contributed by atoms with E-state index in [0.717, 1.165) is 60.6 Å². The van der Waals surface area contributed by atoms with Crippen LogP contribution in [0.5, 0.6) is 0 Å². The quantitative estimate of drug-likeness (QED) is 0.150. The molecule has 2 aliphatic heterocycles. The van der Waals surface area contributed by atoms with Crippen LogP contribution in [-0.4, -0.2) is 51.6 Å². The Hall–Kier alpha value is -5.44. The van der Waals surface area contributed by atoms with E-state index in [0.29, 0.717) is 17.5 Å². The molecular weight excluding hydrogens is 716 g/mol. The van der Waals surface area contributed by atoms with Crippen molar-refractivity contribution < 1.29 is 18.6 Å². The molecule has 2 saturated heterocycles. The Morgan fingerprint density at radius 1 is 0.345 bits per heavy atom. The molecule has 0 spiro atoms. The monoisotopic (exact) mass is 763 g/mol. The third-order valence-electron chi connectivity index (χ3n) is 12.4. The standard InChI is InChI=1S/C49H47B2N3O4/c1-46(2)47(3,4)56-50(55-46)37-29-36(30-38(31-37)51-57-48(5,6)49(7,8)58-51)40-28-27-39(41-21-15-16-22-42(40)41)32-23-25-35(26-24-32)45-53-43(33-17-11-9-12-18-33)52-44(54-45)34-19-13-10-14-20-34/h9-31H,1-8H3. The van der Waals surface area contributed by atoms with Crippen molar-refractivity contribution in [3.63, 3.8) is 0 Å². The minimum absolute atomic E-state index is 0.486. The zero-order valence-electron chi connectivity index (χ0n) is 34.4. The molecule has 0 bridgehead atoms. The van der Waals surface area contributed by atoms with Gasteiger partial charge >= 0.3 is 14.2 Å². The van der Waals surface area contributed by atoms with Crippen molar-refractivity contribution in [3.8, 4) is 56.4 Å². The number of hydrogen-bond acceptors (Lipinski definition) is 7. The second kappa shape index (κ2) is 14.1. The van der Waals surface area contributed by atoms with Crippen molar-refractivity contribution in [3.05, 3.63) is 140 Å². The molecule has 9 heteroatoms. The van der Waals surface area contributed by atoms with E-state index >= 15 is 0 Å². The molecule has 2 aliphatic rings. The van der Waals surface area contributed by atoms with E-state index in [1.54, 1.807) is 0 Å². The van der Waals surface area contributed by atoms with E-state index in [1.807, 2.05) is 60.7 Å². The van der Waals surface area contributed by atoms with Crippen LogP contribution in [0.3, 0.4) is 0 Å². The van der Waals surface area contributed by atoms with Gasteiger partial charge in [0, 0.05) is 16.7 Å². The molecule has 9 rings (SSSR count). The average molecular weight is 764 g/mol. The van der Waals surface area contributed by atoms with Crippen LogP contribution in [0, 0.1) is 0 Å². The maximum Gasteiger partial charge on any atom is 0.494 e. The van der Waals surface area contributed by atoms with Gasteiger partial charge in [-0.15, -0.1) is 0 Å². The summed E-state index contributed by atoms with van der Waals surface area (Å²) < 4.78 is 26.4. The van der Waals surface area contributed by atoms with Crippen LogP contribution in [-0.2, 0) is 18.6 Å². The number of aromatic nitrogens is 3. The first-order chi connectivity index (χ1) is 27.7. The van der Waals surface area contributed by atoms with Gasteiger partial charge in [-0.2, -0.15) is 0 Å². The van der Waals surface area contributed by atoms with E-state index in [-0.39, 0.29) is 0 Å². The van der Waals surface area contributed by atoms with Crippen molar-refractivity contribution in [1.82, 2.24) is 15.0 Å². The number of nitrogens with zero attached hydrogens (tertiary/aromatic N) is 3. The summed E-state index contributed by atoms with van der Waals surface area (Å²) in [6, 6.07) is 48.1. The molecule has 0 atom stereocenters. The fraction of sp³-hybridized carbons (Fsp3) is 0.245. The predicted octanol–water partition coefficient (Wildman–Crippen LogP) is 9.96. The SMILES string of the molecule is CC1(C)OB(c2cc(B3OC(C)(C)C(C)(C)O3)cc(-c3ccc(-c4ccc(-c5nc(-c6ccccc6)nc(-c6ccccc6)n5)cc4)c4ccccc34)c2)OC1(C)C. The molecule has 0 radical (unpaired) electrons. The van der Waals surface area contributed by atoms with E-state index < -0.39 is 36.6 Å². The van der Waals surface area contributed by atoms with Crippen LogP contribution in [0.1, 0.15) is 55.4 Å². The maximum atomic E-state index is 6.59. The predicted molar refractivity (Wildman–Crippen MR) is 236 cm³/mol. The minimum Gasteiger partial charge on any atom is -0.399 e. The van der Waals surface area contributed by atoms with Gasteiger partial charge in [0.2, 0.25) is 0 Å². The summed E-state index contributed by atoms with van der Waals surface area (Å²) in [6.45, 7) is 16.7. The Morgan fingerprint density at radius 3 is 1.07 bits per heavy atom. The van der Waals surface area contributed by atoms with Crippen LogP contribution >= 0.6 is 0 Å². The number of rotatable bonds is 7. The summed E-state index contributed by atoms with van der Waals surface area (Å²) >= 11 is 0. The third kappa shape index (κ3) is 6.86. The van der Waals surface area contributed by atoms with Gasteiger partial charge in [-0.25, -0.2) is 15.0 Å². The molecule has 0 saturated carbocycles. The molecule has 3 heterocycles. The van der Waals surface area contributed by atoms with Crippen LogP contribution in [0.2, 0.25) is 0 Å². The second-order valence-electron chi connectivity index (χ2n) is 17.4. The molecule has 7 nitrogen and oxygen atoms in total. The van der Waals surface area contributed by atoms with Crippen molar-refractivity contribution in [2.24, 2.45) is 0 Å². The summed E-state index contributed by atoms with van der Waals surface area (Å²) in [6.07, 6.45) is 0. The van der Waals surface area contributed by atoms with Gasteiger partial charge in [-0.1, -0.05) is 140 Å². The highest BCUT2D eigenvalue weighted by atomic mass is 16.7. The lowest BCUT2D eigenvalue weighted by atomic mass is 9.70. The van der Waals surface area contributed by atoms with Crippen LogP contribution in [0.15, 0.2) is 140 Å². The molecule has 58 heavy (non-hydrogen) atoms. The van der Waals surface area contributed by atoms with Gasteiger partial charge in [0.25, 0.3) is 0 Å². The van der Waals surface area contributed by atoms with Crippen molar-refractivity contribution in [2.75, 3.05) is 0 Å². The lowest BCUT2D eigenvalue weighted by Crippen LogP contribution is -2.41. The highest BCUT2D eigenvalue weighted by Gasteiger charge is 2.54. The Labute approximate surface area is 342 Å². The van der Waals surface area contributed by atoms with Gasteiger partial charge in [0.05, 0.1) is 22.4 Å².